The molecule has 68 valence electrons. The summed E-state index contributed by atoms with van der Waals surface area (Å²) in [5, 5.41) is 9.53. The highest BCUT2D eigenvalue weighted by atomic mass is 79.9. The molecule has 1 aromatic carbocycles. The maximum atomic E-state index is 12.7. The van der Waals surface area contributed by atoms with Crippen LogP contribution in [0.5, 0.6) is 0 Å². The lowest BCUT2D eigenvalue weighted by Gasteiger charge is -1.97. The first kappa shape index (κ1) is 8.72. The van der Waals surface area contributed by atoms with Crippen molar-refractivity contribution in [2.45, 2.75) is 6.61 Å². The van der Waals surface area contributed by atoms with E-state index in [2.05, 4.69) is 15.9 Å². The molecule has 0 atom stereocenters. The fraction of sp³-hybridized carbons (Fsp3) is 0.111. The van der Waals surface area contributed by atoms with Crippen LogP contribution >= 0.6 is 15.9 Å². The van der Waals surface area contributed by atoms with E-state index in [4.69, 9.17) is 9.52 Å². The molecule has 2 rings (SSSR count). The summed E-state index contributed by atoms with van der Waals surface area (Å²) in [5.74, 6) is 0. The number of furan rings is 1. The molecule has 0 aliphatic carbocycles. The van der Waals surface area contributed by atoms with E-state index in [-0.39, 0.29) is 6.61 Å². The van der Waals surface area contributed by atoms with Gasteiger partial charge in [0, 0.05) is 11.5 Å². The van der Waals surface area contributed by atoms with Gasteiger partial charge < -0.3 is 9.52 Å². The summed E-state index contributed by atoms with van der Waals surface area (Å²) in [6.07, 6.45) is 0. The standard InChI is InChI=1S/C9H6BrFO2/c10-7-2-5(4-12)1-6-3-8(11)13-9(6)7/h1-3,12H,4H2. The summed E-state index contributed by atoms with van der Waals surface area (Å²) in [6.45, 7) is -0.0681. The molecule has 0 fully saturated rings. The van der Waals surface area contributed by atoms with Crippen molar-refractivity contribution in [3.05, 3.63) is 34.2 Å². The minimum Gasteiger partial charge on any atom is -0.430 e. The summed E-state index contributed by atoms with van der Waals surface area (Å²) in [4.78, 5) is 0. The predicted octanol–water partition coefficient (Wildman–Crippen LogP) is 2.83. The fourth-order valence-electron chi connectivity index (χ4n) is 1.23. The number of aliphatic hydroxyl groups is 1. The lowest BCUT2D eigenvalue weighted by Crippen LogP contribution is -1.81. The van der Waals surface area contributed by atoms with Gasteiger partial charge in [0.15, 0.2) is 5.58 Å². The number of aliphatic hydroxyl groups excluding tert-OH is 1. The van der Waals surface area contributed by atoms with Crippen molar-refractivity contribution in [3.63, 3.8) is 0 Å². The lowest BCUT2D eigenvalue weighted by atomic mass is 10.2. The van der Waals surface area contributed by atoms with Crippen molar-refractivity contribution in [2.24, 2.45) is 0 Å². The summed E-state index contributed by atoms with van der Waals surface area (Å²) < 4.78 is 18.1. The second kappa shape index (κ2) is 3.12. The Balaban J connectivity index is 2.75. The fourth-order valence-corrected chi connectivity index (χ4v) is 1.83. The highest BCUT2D eigenvalue weighted by Crippen LogP contribution is 2.28. The van der Waals surface area contributed by atoms with Crippen LogP contribution in [0, 0.1) is 6.01 Å². The van der Waals surface area contributed by atoms with E-state index in [1.165, 1.54) is 6.07 Å². The largest absolute Gasteiger partial charge is 0.430 e. The van der Waals surface area contributed by atoms with Crippen LogP contribution in [-0.2, 0) is 6.61 Å². The van der Waals surface area contributed by atoms with Crippen molar-refractivity contribution < 1.29 is 13.9 Å². The van der Waals surface area contributed by atoms with E-state index in [1.54, 1.807) is 12.1 Å². The molecule has 0 saturated heterocycles. The zero-order valence-electron chi connectivity index (χ0n) is 6.55. The summed E-state index contributed by atoms with van der Waals surface area (Å²) >= 11 is 3.23. The molecule has 0 bridgehead atoms. The average molecular weight is 245 g/mol. The van der Waals surface area contributed by atoms with Gasteiger partial charge in [0.05, 0.1) is 11.1 Å². The number of halogens is 2. The van der Waals surface area contributed by atoms with Crippen LogP contribution < -0.4 is 0 Å². The summed E-state index contributed by atoms with van der Waals surface area (Å²) in [6, 6.07) is 4.06. The van der Waals surface area contributed by atoms with Gasteiger partial charge >= 0.3 is 0 Å². The molecule has 0 aliphatic heterocycles. The zero-order valence-corrected chi connectivity index (χ0v) is 8.14. The molecular weight excluding hydrogens is 239 g/mol. The Morgan fingerprint density at radius 2 is 2.15 bits per heavy atom. The predicted molar refractivity (Wildman–Crippen MR) is 49.8 cm³/mol. The molecular formula is C9H6BrFO2. The highest BCUT2D eigenvalue weighted by molar-refractivity contribution is 9.10. The molecule has 2 aromatic rings. The van der Waals surface area contributed by atoms with E-state index >= 15 is 0 Å². The second-order valence-electron chi connectivity index (χ2n) is 2.70. The van der Waals surface area contributed by atoms with Gasteiger partial charge in [0.2, 0.25) is 0 Å². The van der Waals surface area contributed by atoms with Crippen LogP contribution in [0.25, 0.3) is 11.0 Å². The number of hydrogen-bond donors (Lipinski definition) is 1. The SMILES string of the molecule is OCc1cc(Br)c2oc(F)cc2c1. The van der Waals surface area contributed by atoms with Crippen LogP contribution in [0.2, 0.25) is 0 Å². The first-order chi connectivity index (χ1) is 6.20. The number of hydrogen-bond acceptors (Lipinski definition) is 2. The smallest absolute Gasteiger partial charge is 0.278 e. The zero-order chi connectivity index (χ0) is 9.42. The van der Waals surface area contributed by atoms with Gasteiger partial charge in [-0.05, 0) is 33.6 Å². The highest BCUT2D eigenvalue weighted by Gasteiger charge is 2.07. The molecule has 1 heterocycles. The third kappa shape index (κ3) is 1.47. The van der Waals surface area contributed by atoms with Gasteiger partial charge in [-0.1, -0.05) is 0 Å². The normalized spacial score (nSPS) is 11.0. The third-order valence-corrected chi connectivity index (χ3v) is 2.37. The number of benzene rings is 1. The molecule has 0 radical (unpaired) electrons. The van der Waals surface area contributed by atoms with E-state index in [0.29, 0.717) is 15.4 Å². The van der Waals surface area contributed by atoms with Crippen LogP contribution in [0.15, 0.2) is 27.1 Å². The van der Waals surface area contributed by atoms with Crippen molar-refractivity contribution >= 4 is 26.9 Å². The Bertz CT molecular complexity index is 450. The molecule has 0 unspecified atom stereocenters. The average Bonchev–Trinajstić information content (AvgIpc) is 2.46. The molecule has 1 N–H and O–H groups in total. The first-order valence-electron chi connectivity index (χ1n) is 3.69. The Morgan fingerprint density at radius 3 is 2.85 bits per heavy atom. The van der Waals surface area contributed by atoms with E-state index < -0.39 is 6.01 Å². The van der Waals surface area contributed by atoms with E-state index in [1.807, 2.05) is 0 Å². The van der Waals surface area contributed by atoms with Crippen LogP contribution in [0.4, 0.5) is 4.39 Å². The van der Waals surface area contributed by atoms with Crippen LogP contribution in [0.3, 0.4) is 0 Å². The quantitative estimate of drug-likeness (QED) is 0.837. The maximum Gasteiger partial charge on any atom is 0.278 e. The Kier molecular flexibility index (Phi) is 2.09. The Morgan fingerprint density at radius 1 is 1.38 bits per heavy atom. The molecule has 0 amide bonds. The van der Waals surface area contributed by atoms with Crippen LogP contribution in [-0.4, -0.2) is 5.11 Å². The minimum absolute atomic E-state index is 0.0681. The van der Waals surface area contributed by atoms with Gasteiger partial charge in [-0.15, -0.1) is 0 Å². The van der Waals surface area contributed by atoms with Gasteiger partial charge in [-0.3, -0.25) is 0 Å². The lowest BCUT2D eigenvalue weighted by molar-refractivity contribution is 0.282. The van der Waals surface area contributed by atoms with Crippen molar-refractivity contribution in [2.75, 3.05) is 0 Å². The Labute approximate surface area is 82.1 Å². The number of rotatable bonds is 1. The van der Waals surface area contributed by atoms with Gasteiger partial charge in [0.25, 0.3) is 6.01 Å². The molecule has 13 heavy (non-hydrogen) atoms. The van der Waals surface area contributed by atoms with Crippen molar-refractivity contribution in [1.29, 1.82) is 0 Å². The van der Waals surface area contributed by atoms with Crippen molar-refractivity contribution in [1.82, 2.24) is 0 Å². The molecule has 2 nitrogen and oxygen atoms in total. The van der Waals surface area contributed by atoms with E-state index in [9.17, 15) is 4.39 Å². The maximum absolute atomic E-state index is 12.7. The Hall–Kier alpha value is -0.870. The second-order valence-corrected chi connectivity index (χ2v) is 3.56. The number of fused-ring (bicyclic) bond motifs is 1. The topological polar surface area (TPSA) is 33.4 Å². The molecule has 1 aromatic heterocycles. The minimum atomic E-state index is -0.620. The first-order valence-corrected chi connectivity index (χ1v) is 4.48. The van der Waals surface area contributed by atoms with Gasteiger partial charge in [-0.25, -0.2) is 0 Å². The molecule has 0 spiro atoms. The summed E-state index contributed by atoms with van der Waals surface area (Å²) in [5.41, 5.74) is 1.19. The molecule has 4 heteroatoms. The summed E-state index contributed by atoms with van der Waals surface area (Å²) in [7, 11) is 0. The molecule has 0 saturated carbocycles. The van der Waals surface area contributed by atoms with E-state index in [0.717, 1.165) is 5.56 Å². The molecule has 0 aliphatic rings. The monoisotopic (exact) mass is 244 g/mol. The van der Waals surface area contributed by atoms with Gasteiger partial charge in [0.1, 0.15) is 0 Å². The third-order valence-electron chi connectivity index (χ3n) is 1.78. The van der Waals surface area contributed by atoms with Crippen molar-refractivity contribution in [3.8, 4) is 0 Å². The van der Waals surface area contributed by atoms with Crippen LogP contribution in [0.1, 0.15) is 5.56 Å². The van der Waals surface area contributed by atoms with Gasteiger partial charge in [-0.2, -0.15) is 4.39 Å².